The van der Waals surface area contributed by atoms with Crippen molar-refractivity contribution in [2.75, 3.05) is 13.2 Å². The first-order chi connectivity index (χ1) is 24.4. The number of allylic oxidation sites excluding steroid dienone is 4. The number of ether oxygens (including phenoxy) is 2. The maximum absolute atomic E-state index is 14.6. The number of carbonyl (C=O) groups is 2. The maximum Gasteiger partial charge on any atom is 0.573 e. The number of fused-ring (bicyclic) bond motifs is 1. The van der Waals surface area contributed by atoms with Gasteiger partial charge in [0.15, 0.2) is 17.4 Å². The predicted octanol–water partition coefficient (Wildman–Crippen LogP) is 8.30. The molecule has 1 amide bonds. The highest BCUT2D eigenvalue weighted by molar-refractivity contribution is 6.10. The van der Waals surface area contributed by atoms with Gasteiger partial charge in [0.05, 0.1) is 24.9 Å². The summed E-state index contributed by atoms with van der Waals surface area (Å²) in [5.41, 5.74) is -3.11. The summed E-state index contributed by atoms with van der Waals surface area (Å²) < 4.78 is 76.2. The first-order valence-corrected chi connectivity index (χ1v) is 18.0. The van der Waals surface area contributed by atoms with Gasteiger partial charge in [0.1, 0.15) is 5.75 Å². The van der Waals surface area contributed by atoms with E-state index in [4.69, 9.17) is 4.74 Å². The third-order valence-corrected chi connectivity index (χ3v) is 13.6. The molecule has 8 unspecified atom stereocenters. The zero-order chi connectivity index (χ0) is 37.5. The monoisotopic (exact) mass is 729 g/mol. The van der Waals surface area contributed by atoms with Gasteiger partial charge >= 0.3 is 12.5 Å². The lowest BCUT2D eigenvalue weighted by Gasteiger charge is -2.71. The van der Waals surface area contributed by atoms with Crippen LogP contribution in [0.4, 0.5) is 26.7 Å². The molecule has 280 valence electrons. The van der Waals surface area contributed by atoms with E-state index in [0.717, 1.165) is 30.7 Å². The van der Waals surface area contributed by atoms with E-state index in [1.165, 1.54) is 23.1 Å². The van der Waals surface area contributed by atoms with Crippen molar-refractivity contribution in [3.05, 3.63) is 89.0 Å². The summed E-state index contributed by atoms with van der Waals surface area (Å²) in [6, 6.07) is 8.33. The van der Waals surface area contributed by atoms with Crippen molar-refractivity contribution in [2.45, 2.75) is 90.3 Å². The summed E-state index contributed by atoms with van der Waals surface area (Å²) >= 11 is 0. The van der Waals surface area contributed by atoms with Gasteiger partial charge in [-0.25, -0.2) is 13.6 Å². The molecule has 0 saturated heterocycles. The Balaban J connectivity index is 1.26. The highest BCUT2D eigenvalue weighted by Crippen LogP contribution is 2.78. The first-order valence-electron chi connectivity index (χ1n) is 18.0. The molecule has 12 heteroatoms. The van der Waals surface area contributed by atoms with Crippen LogP contribution in [0, 0.1) is 45.1 Å². The molecule has 0 aliphatic heterocycles. The average molecular weight is 730 g/mol. The third-order valence-electron chi connectivity index (χ3n) is 13.6. The van der Waals surface area contributed by atoms with Crippen LogP contribution in [0.2, 0.25) is 0 Å². The van der Waals surface area contributed by atoms with Crippen LogP contribution >= 0.6 is 0 Å². The molecular formula is C40H44F5NO6. The smallest absolute Gasteiger partial charge is 0.450 e. The Morgan fingerprint density at radius 3 is 2.27 bits per heavy atom. The predicted molar refractivity (Wildman–Crippen MR) is 180 cm³/mol. The normalized spacial score (nSPS) is 36.0. The number of hydrogen-bond donors (Lipinski definition) is 2. The van der Waals surface area contributed by atoms with E-state index < -0.39 is 63.6 Å². The molecule has 2 spiro atoms. The van der Waals surface area contributed by atoms with Crippen LogP contribution in [0.5, 0.6) is 5.75 Å². The number of hydrogen-bond acceptors (Lipinski definition) is 6. The zero-order valence-corrected chi connectivity index (χ0v) is 29.4. The zero-order valence-electron chi connectivity index (χ0n) is 29.4. The Labute approximate surface area is 299 Å². The maximum atomic E-state index is 14.6. The fraction of sp³-hybridized carbons (Fsp3) is 0.550. The molecule has 0 aromatic heterocycles. The van der Waals surface area contributed by atoms with Gasteiger partial charge in [-0.3, -0.25) is 4.79 Å². The molecule has 3 fully saturated rings. The quantitative estimate of drug-likeness (QED) is 0.161. The Morgan fingerprint density at radius 1 is 0.923 bits per heavy atom. The Bertz CT molecular complexity index is 1830. The molecule has 7 nitrogen and oxygen atoms in total. The van der Waals surface area contributed by atoms with Gasteiger partial charge in [-0.05, 0) is 105 Å². The number of ketones is 1. The minimum absolute atomic E-state index is 0.0226. The van der Waals surface area contributed by atoms with Crippen LogP contribution < -0.4 is 4.74 Å². The number of nitrogens with zero attached hydrogens (tertiary/aromatic N) is 1. The van der Waals surface area contributed by atoms with Crippen molar-refractivity contribution < 1.29 is 51.2 Å². The van der Waals surface area contributed by atoms with Gasteiger partial charge in [0.25, 0.3) is 0 Å². The minimum Gasteiger partial charge on any atom is -0.450 e. The molecule has 2 N–H and O–H groups in total. The van der Waals surface area contributed by atoms with E-state index >= 15 is 0 Å². The summed E-state index contributed by atoms with van der Waals surface area (Å²) in [7, 11) is 0. The van der Waals surface area contributed by atoms with Crippen LogP contribution in [0.25, 0.3) is 0 Å². The average Bonchev–Trinajstić information content (AvgIpc) is 3.35. The number of amides is 1. The van der Waals surface area contributed by atoms with Crippen molar-refractivity contribution in [3.8, 4) is 5.75 Å². The molecule has 6 aliphatic rings. The second kappa shape index (κ2) is 12.4. The molecule has 3 saturated carbocycles. The molecule has 2 bridgehead atoms. The highest BCUT2D eigenvalue weighted by Gasteiger charge is 2.74. The highest BCUT2D eigenvalue weighted by atomic mass is 19.4. The number of halogens is 5. The lowest BCUT2D eigenvalue weighted by Crippen LogP contribution is -2.67. The number of rotatable bonds is 8. The molecule has 52 heavy (non-hydrogen) atoms. The summed E-state index contributed by atoms with van der Waals surface area (Å²) in [5.74, 6) is -3.34. The van der Waals surface area contributed by atoms with Crippen LogP contribution in [0.3, 0.4) is 0 Å². The fourth-order valence-electron chi connectivity index (χ4n) is 11.1. The second-order valence-corrected chi connectivity index (χ2v) is 16.0. The van der Waals surface area contributed by atoms with E-state index in [9.17, 15) is 41.8 Å². The molecule has 2 aromatic carbocycles. The summed E-state index contributed by atoms with van der Waals surface area (Å²) in [6.07, 6.45) is 3.90. The van der Waals surface area contributed by atoms with E-state index in [1.54, 1.807) is 6.92 Å². The van der Waals surface area contributed by atoms with Gasteiger partial charge in [-0.15, -0.1) is 13.2 Å². The Kier molecular flexibility index (Phi) is 8.72. The number of aliphatic hydroxyl groups is 2. The second-order valence-electron chi connectivity index (χ2n) is 16.0. The van der Waals surface area contributed by atoms with Crippen LogP contribution in [0.1, 0.15) is 81.6 Å². The standard InChI is InChI=1S/C40H44F5NO6/c1-4-51-34(49)46(22-24-5-8-27(9-6-24)52-40(43,44)45)23-38(50)16-13-32-36(38,3)15-12-31-35(2)14-11-26(47)20-37(35)17-18-39(31,32)28(21-37)33(48)25-7-10-29(41)30(42)19-25/h5-10,17-19,21,26,31-32,47,50H,4,11-16,20,22-23H2,1-3H3. The van der Waals surface area contributed by atoms with Gasteiger partial charge in [0, 0.05) is 33.9 Å². The van der Waals surface area contributed by atoms with Crippen molar-refractivity contribution in [3.63, 3.8) is 0 Å². The van der Waals surface area contributed by atoms with E-state index in [0.29, 0.717) is 43.2 Å². The van der Waals surface area contributed by atoms with Crippen LogP contribution in [-0.2, 0) is 11.3 Å². The Hall–Kier alpha value is -3.77. The lowest BCUT2D eigenvalue weighted by molar-refractivity contribution is -0.274. The minimum atomic E-state index is -4.85. The van der Waals surface area contributed by atoms with E-state index in [2.05, 4.69) is 23.8 Å². The molecule has 2 aromatic rings. The molecule has 8 atom stereocenters. The van der Waals surface area contributed by atoms with E-state index in [-0.39, 0.29) is 48.9 Å². The molecule has 0 radical (unpaired) electrons. The van der Waals surface area contributed by atoms with Gasteiger partial charge in [-0.1, -0.05) is 44.2 Å². The van der Waals surface area contributed by atoms with E-state index in [1.807, 2.05) is 13.0 Å². The SMILES string of the molecule is CCOC(=O)N(Cc1ccc(OC(F)(F)F)cc1)CC1(O)CCC2C34C=CC5(C=C3C(=O)c3ccc(F)c(F)c3)CC(O)CCC5(C)C4CCC21C. The number of Topliss-reactive ketones (excluding diaryl/α,β-unsaturated/α-hetero) is 1. The Morgan fingerprint density at radius 2 is 1.60 bits per heavy atom. The fourth-order valence-corrected chi connectivity index (χ4v) is 11.1. The van der Waals surface area contributed by atoms with Gasteiger partial charge in [-0.2, -0.15) is 0 Å². The largest absolute Gasteiger partial charge is 0.573 e. The summed E-state index contributed by atoms with van der Waals surface area (Å²) in [6.45, 7) is 5.77. The molecular weight excluding hydrogens is 685 g/mol. The molecule has 6 aliphatic carbocycles. The topological polar surface area (TPSA) is 96.3 Å². The van der Waals surface area contributed by atoms with Crippen LogP contribution in [0.15, 0.2) is 66.3 Å². The van der Waals surface area contributed by atoms with Crippen LogP contribution in [-0.4, -0.2) is 58.2 Å². The molecule has 8 rings (SSSR count). The first kappa shape index (κ1) is 36.6. The molecule has 0 heterocycles. The van der Waals surface area contributed by atoms with Crippen molar-refractivity contribution in [1.82, 2.24) is 4.90 Å². The van der Waals surface area contributed by atoms with Gasteiger partial charge in [0.2, 0.25) is 0 Å². The number of carbonyl (C=O) groups excluding carboxylic acids is 2. The van der Waals surface area contributed by atoms with Gasteiger partial charge < -0.3 is 24.6 Å². The van der Waals surface area contributed by atoms with Crippen molar-refractivity contribution >= 4 is 11.9 Å². The van der Waals surface area contributed by atoms with Crippen molar-refractivity contribution in [1.29, 1.82) is 0 Å². The lowest BCUT2D eigenvalue weighted by atomic mass is 9.32. The summed E-state index contributed by atoms with van der Waals surface area (Å²) in [4.78, 5) is 29.4. The summed E-state index contributed by atoms with van der Waals surface area (Å²) in [5, 5.41) is 23.7. The number of aliphatic hydroxyl groups excluding tert-OH is 1. The third kappa shape index (κ3) is 5.49. The number of alkyl halides is 3. The van der Waals surface area contributed by atoms with Crippen molar-refractivity contribution in [2.24, 2.45) is 33.5 Å². The number of benzene rings is 2.